The Hall–Kier alpha value is -2.08. The minimum atomic E-state index is -0.534. The van der Waals surface area contributed by atoms with Crippen LogP contribution in [-0.2, 0) is 9.59 Å². The molecule has 0 radical (unpaired) electrons. The Bertz CT molecular complexity index is 484. The number of benzene rings is 1. The Balaban J connectivity index is 1.86. The first-order valence-corrected chi connectivity index (χ1v) is 6.65. The highest BCUT2D eigenvalue weighted by molar-refractivity contribution is 5.91. The molecular weight excluding hydrogens is 258 g/mol. The number of amides is 2. The van der Waals surface area contributed by atoms with E-state index in [2.05, 4.69) is 10.6 Å². The molecule has 0 saturated carbocycles. The van der Waals surface area contributed by atoms with E-state index < -0.39 is 5.91 Å². The smallest absolute Gasteiger partial charge is 0.255 e. The third kappa shape index (κ3) is 4.55. The van der Waals surface area contributed by atoms with Crippen LogP contribution in [0, 0.1) is 5.92 Å². The normalized spacial score (nSPS) is 17.7. The number of anilines is 1. The Labute approximate surface area is 117 Å². The standard InChI is InChI=1S/C14H19N3O3/c15-13(18)9-20-12-3-1-2-11(7-12)17-14(19)6-10-4-5-16-8-10/h1-3,7,10,16H,4-6,8-9H2,(H2,15,18)(H,17,19). The van der Waals surface area contributed by atoms with Crippen molar-refractivity contribution in [1.29, 1.82) is 0 Å². The molecule has 1 aromatic carbocycles. The zero-order valence-electron chi connectivity index (χ0n) is 11.2. The van der Waals surface area contributed by atoms with Gasteiger partial charge in [0.25, 0.3) is 5.91 Å². The molecule has 20 heavy (non-hydrogen) atoms. The van der Waals surface area contributed by atoms with E-state index in [1.165, 1.54) is 0 Å². The van der Waals surface area contributed by atoms with Crippen molar-refractivity contribution in [3.05, 3.63) is 24.3 Å². The third-order valence-corrected chi connectivity index (χ3v) is 3.14. The van der Waals surface area contributed by atoms with Gasteiger partial charge in [-0.15, -0.1) is 0 Å². The monoisotopic (exact) mass is 277 g/mol. The van der Waals surface area contributed by atoms with Gasteiger partial charge >= 0.3 is 0 Å². The summed E-state index contributed by atoms with van der Waals surface area (Å²) in [5.74, 6) is 0.368. The number of hydrogen-bond acceptors (Lipinski definition) is 4. The maximum Gasteiger partial charge on any atom is 0.255 e. The molecule has 6 nitrogen and oxygen atoms in total. The summed E-state index contributed by atoms with van der Waals surface area (Å²) in [6.45, 7) is 1.70. The van der Waals surface area contributed by atoms with Gasteiger partial charge in [0.2, 0.25) is 5.91 Å². The highest BCUT2D eigenvalue weighted by atomic mass is 16.5. The second-order valence-electron chi connectivity index (χ2n) is 4.89. The summed E-state index contributed by atoms with van der Waals surface area (Å²) in [4.78, 5) is 22.5. The summed E-state index contributed by atoms with van der Waals surface area (Å²) in [5, 5.41) is 6.07. The number of ether oxygens (including phenoxy) is 1. The van der Waals surface area contributed by atoms with Crippen LogP contribution in [0.5, 0.6) is 5.75 Å². The molecule has 1 heterocycles. The summed E-state index contributed by atoms with van der Waals surface area (Å²) >= 11 is 0. The largest absolute Gasteiger partial charge is 0.484 e. The van der Waals surface area contributed by atoms with Gasteiger partial charge in [0.15, 0.2) is 6.61 Å². The van der Waals surface area contributed by atoms with Crippen LogP contribution in [0.15, 0.2) is 24.3 Å². The minimum absolute atomic E-state index is 0.00856. The first-order valence-electron chi connectivity index (χ1n) is 6.65. The molecule has 0 bridgehead atoms. The number of primary amides is 1. The van der Waals surface area contributed by atoms with Gasteiger partial charge in [-0.1, -0.05) is 6.07 Å². The summed E-state index contributed by atoms with van der Waals surface area (Å²) in [5.41, 5.74) is 5.67. The number of nitrogens with two attached hydrogens (primary N) is 1. The lowest BCUT2D eigenvalue weighted by Crippen LogP contribution is -2.20. The SMILES string of the molecule is NC(=O)COc1cccc(NC(=O)CC2CCNC2)c1. The molecule has 1 atom stereocenters. The molecule has 1 aromatic rings. The van der Waals surface area contributed by atoms with Crippen molar-refractivity contribution < 1.29 is 14.3 Å². The number of nitrogens with one attached hydrogen (secondary N) is 2. The molecule has 4 N–H and O–H groups in total. The van der Waals surface area contributed by atoms with Gasteiger partial charge < -0.3 is 21.1 Å². The molecule has 108 valence electrons. The van der Waals surface area contributed by atoms with E-state index in [1.54, 1.807) is 24.3 Å². The van der Waals surface area contributed by atoms with E-state index in [9.17, 15) is 9.59 Å². The van der Waals surface area contributed by atoms with Crippen molar-refractivity contribution in [1.82, 2.24) is 5.32 Å². The van der Waals surface area contributed by atoms with Crippen molar-refractivity contribution in [3.8, 4) is 5.75 Å². The topological polar surface area (TPSA) is 93.5 Å². The molecule has 1 fully saturated rings. The molecule has 1 saturated heterocycles. The molecule has 6 heteroatoms. The van der Waals surface area contributed by atoms with Crippen LogP contribution < -0.4 is 21.1 Å². The zero-order chi connectivity index (χ0) is 14.4. The summed E-state index contributed by atoms with van der Waals surface area (Å²) in [7, 11) is 0. The van der Waals surface area contributed by atoms with E-state index in [1.807, 2.05) is 0 Å². The van der Waals surface area contributed by atoms with Crippen molar-refractivity contribution in [3.63, 3.8) is 0 Å². The Morgan fingerprint density at radius 2 is 2.30 bits per heavy atom. The Morgan fingerprint density at radius 1 is 1.45 bits per heavy atom. The molecule has 0 aliphatic carbocycles. The predicted molar refractivity (Wildman–Crippen MR) is 75.4 cm³/mol. The van der Waals surface area contributed by atoms with E-state index in [-0.39, 0.29) is 12.5 Å². The maximum atomic E-state index is 11.9. The quantitative estimate of drug-likeness (QED) is 0.705. The van der Waals surface area contributed by atoms with Crippen LogP contribution >= 0.6 is 0 Å². The van der Waals surface area contributed by atoms with Crippen LogP contribution in [0.1, 0.15) is 12.8 Å². The molecule has 2 rings (SSSR count). The van der Waals surface area contributed by atoms with Crippen molar-refractivity contribution in [2.75, 3.05) is 25.0 Å². The van der Waals surface area contributed by atoms with Crippen LogP contribution in [0.4, 0.5) is 5.69 Å². The number of carbonyl (C=O) groups is 2. The van der Waals surface area contributed by atoms with Crippen LogP contribution in [-0.4, -0.2) is 31.5 Å². The fourth-order valence-corrected chi connectivity index (χ4v) is 2.18. The van der Waals surface area contributed by atoms with Gasteiger partial charge in [0, 0.05) is 18.2 Å². The van der Waals surface area contributed by atoms with Crippen LogP contribution in [0.3, 0.4) is 0 Å². The second-order valence-corrected chi connectivity index (χ2v) is 4.89. The summed E-state index contributed by atoms with van der Waals surface area (Å²) in [6, 6.07) is 6.91. The highest BCUT2D eigenvalue weighted by Gasteiger charge is 2.18. The first kappa shape index (κ1) is 14.3. The van der Waals surface area contributed by atoms with Gasteiger partial charge in [-0.2, -0.15) is 0 Å². The molecule has 0 spiro atoms. The van der Waals surface area contributed by atoms with E-state index >= 15 is 0 Å². The lowest BCUT2D eigenvalue weighted by molar-refractivity contribution is -0.120. The lowest BCUT2D eigenvalue weighted by Gasteiger charge is -2.10. The molecule has 0 aromatic heterocycles. The van der Waals surface area contributed by atoms with Gasteiger partial charge in [-0.25, -0.2) is 0 Å². The fourth-order valence-electron chi connectivity index (χ4n) is 2.18. The van der Waals surface area contributed by atoms with Crippen molar-refractivity contribution in [2.24, 2.45) is 11.7 Å². The van der Waals surface area contributed by atoms with E-state index in [4.69, 9.17) is 10.5 Å². The molecule has 1 unspecified atom stereocenters. The zero-order valence-corrected chi connectivity index (χ0v) is 11.2. The molecule has 1 aliphatic heterocycles. The Morgan fingerprint density at radius 3 is 3.00 bits per heavy atom. The van der Waals surface area contributed by atoms with Gasteiger partial charge in [-0.05, 0) is 37.6 Å². The summed E-state index contributed by atoms with van der Waals surface area (Å²) in [6.07, 6.45) is 1.55. The fraction of sp³-hybridized carbons (Fsp3) is 0.429. The highest BCUT2D eigenvalue weighted by Crippen LogP contribution is 2.19. The first-order chi connectivity index (χ1) is 9.63. The molecule has 1 aliphatic rings. The molecular formula is C14H19N3O3. The average Bonchev–Trinajstić information content (AvgIpc) is 2.89. The van der Waals surface area contributed by atoms with E-state index in [0.29, 0.717) is 23.8 Å². The lowest BCUT2D eigenvalue weighted by atomic mass is 10.0. The predicted octanol–water partition coefficient (Wildman–Crippen LogP) is 0.489. The molecule has 2 amide bonds. The van der Waals surface area contributed by atoms with Gasteiger partial charge in [0.05, 0.1) is 0 Å². The van der Waals surface area contributed by atoms with Gasteiger partial charge in [0.1, 0.15) is 5.75 Å². The average molecular weight is 277 g/mol. The Kier molecular flexibility index (Phi) is 4.95. The van der Waals surface area contributed by atoms with Crippen LogP contribution in [0.25, 0.3) is 0 Å². The van der Waals surface area contributed by atoms with Crippen molar-refractivity contribution >= 4 is 17.5 Å². The van der Waals surface area contributed by atoms with Crippen LogP contribution in [0.2, 0.25) is 0 Å². The van der Waals surface area contributed by atoms with Gasteiger partial charge in [-0.3, -0.25) is 9.59 Å². The minimum Gasteiger partial charge on any atom is -0.484 e. The second kappa shape index (κ2) is 6.91. The third-order valence-electron chi connectivity index (χ3n) is 3.14. The van der Waals surface area contributed by atoms with Crippen molar-refractivity contribution in [2.45, 2.75) is 12.8 Å². The summed E-state index contributed by atoms with van der Waals surface area (Å²) < 4.78 is 5.19. The van der Waals surface area contributed by atoms with E-state index in [0.717, 1.165) is 19.5 Å². The maximum absolute atomic E-state index is 11.9. The number of rotatable bonds is 6. The number of carbonyl (C=O) groups excluding carboxylic acids is 2. The number of hydrogen-bond donors (Lipinski definition) is 3.